The molecule has 3 nitrogen and oxygen atoms in total. The lowest BCUT2D eigenvalue weighted by Crippen LogP contribution is -2.32. The molecule has 1 aromatic heterocycles. The zero-order valence-corrected chi connectivity index (χ0v) is 9.72. The van der Waals surface area contributed by atoms with Gasteiger partial charge < -0.3 is 0 Å². The fourth-order valence-corrected chi connectivity index (χ4v) is 2.33. The van der Waals surface area contributed by atoms with E-state index < -0.39 is 0 Å². The molecule has 2 rings (SSSR count). The molecule has 86 valence electrons. The molecule has 1 fully saturated rings. The van der Waals surface area contributed by atoms with E-state index in [1.165, 1.54) is 5.56 Å². The van der Waals surface area contributed by atoms with Gasteiger partial charge in [-0.25, -0.2) is 0 Å². The van der Waals surface area contributed by atoms with Crippen LogP contribution in [0.25, 0.3) is 0 Å². The van der Waals surface area contributed by atoms with E-state index in [2.05, 4.69) is 16.8 Å². The summed E-state index contributed by atoms with van der Waals surface area (Å²) in [6.45, 7) is 4.08. The topological polar surface area (TPSA) is 33.2 Å². The van der Waals surface area contributed by atoms with Gasteiger partial charge in [0.05, 0.1) is 0 Å². The molecule has 0 aromatic carbocycles. The highest BCUT2D eigenvalue weighted by molar-refractivity contribution is 5.81. The van der Waals surface area contributed by atoms with E-state index in [0.717, 1.165) is 32.4 Å². The Morgan fingerprint density at radius 1 is 1.44 bits per heavy atom. The largest absolute Gasteiger partial charge is 0.300 e. The molecular weight excluding hydrogens is 200 g/mol. The van der Waals surface area contributed by atoms with Crippen molar-refractivity contribution in [2.45, 2.75) is 38.8 Å². The first-order valence-corrected chi connectivity index (χ1v) is 5.94. The first-order chi connectivity index (χ1) is 7.79. The highest BCUT2D eigenvalue weighted by Crippen LogP contribution is 2.22. The van der Waals surface area contributed by atoms with Gasteiger partial charge in [0.25, 0.3) is 0 Å². The van der Waals surface area contributed by atoms with Gasteiger partial charge in [0.2, 0.25) is 0 Å². The maximum absolute atomic E-state index is 11.3. The molecule has 1 aliphatic carbocycles. The quantitative estimate of drug-likeness (QED) is 0.775. The van der Waals surface area contributed by atoms with Crippen molar-refractivity contribution < 1.29 is 4.79 Å². The summed E-state index contributed by atoms with van der Waals surface area (Å²) in [5.41, 5.74) is 1.27. The molecule has 0 bridgehead atoms. The van der Waals surface area contributed by atoms with Crippen molar-refractivity contribution >= 4 is 5.78 Å². The van der Waals surface area contributed by atoms with Crippen LogP contribution in [0, 0.1) is 0 Å². The Bertz CT molecular complexity index is 350. The van der Waals surface area contributed by atoms with E-state index in [0.29, 0.717) is 11.8 Å². The van der Waals surface area contributed by atoms with Crippen LogP contribution in [0.2, 0.25) is 0 Å². The number of Topliss-reactive ketones (excluding diaryl/α,β-unsaturated/α-hetero) is 1. The van der Waals surface area contributed by atoms with E-state index >= 15 is 0 Å². The fourth-order valence-electron chi connectivity index (χ4n) is 2.33. The van der Waals surface area contributed by atoms with Gasteiger partial charge in [0.15, 0.2) is 0 Å². The maximum Gasteiger partial charge on any atom is 0.134 e. The van der Waals surface area contributed by atoms with Crippen LogP contribution in [0.4, 0.5) is 0 Å². The molecule has 0 N–H and O–H groups in total. The fraction of sp³-hybridized carbons (Fsp3) is 0.538. The van der Waals surface area contributed by atoms with Crippen LogP contribution >= 0.6 is 0 Å². The van der Waals surface area contributed by atoms with Crippen molar-refractivity contribution in [2.75, 3.05) is 6.54 Å². The van der Waals surface area contributed by atoms with Gasteiger partial charge in [-0.15, -0.1) is 0 Å². The van der Waals surface area contributed by atoms with Crippen LogP contribution in [0.15, 0.2) is 24.5 Å². The second-order valence-corrected chi connectivity index (χ2v) is 4.35. The van der Waals surface area contributed by atoms with Crippen LogP contribution < -0.4 is 0 Å². The van der Waals surface area contributed by atoms with Crippen molar-refractivity contribution in [1.29, 1.82) is 0 Å². The zero-order chi connectivity index (χ0) is 11.4. The molecule has 16 heavy (non-hydrogen) atoms. The van der Waals surface area contributed by atoms with Gasteiger partial charge in [0.1, 0.15) is 5.78 Å². The van der Waals surface area contributed by atoms with Crippen molar-refractivity contribution in [1.82, 2.24) is 9.88 Å². The number of hydrogen-bond donors (Lipinski definition) is 0. The molecule has 1 heterocycles. The first-order valence-electron chi connectivity index (χ1n) is 5.94. The molecular formula is C13H18N2O. The molecule has 0 spiro atoms. The Hall–Kier alpha value is -1.22. The lowest BCUT2D eigenvalue weighted by molar-refractivity contribution is -0.117. The second-order valence-electron chi connectivity index (χ2n) is 4.35. The molecule has 1 atom stereocenters. The summed E-state index contributed by atoms with van der Waals surface area (Å²) in [4.78, 5) is 17.7. The number of pyridine rings is 1. The summed E-state index contributed by atoms with van der Waals surface area (Å²) in [6.07, 6.45) is 6.17. The molecule has 0 aliphatic heterocycles. The summed E-state index contributed by atoms with van der Waals surface area (Å²) >= 11 is 0. The van der Waals surface area contributed by atoms with Crippen LogP contribution in [0.3, 0.4) is 0 Å². The summed E-state index contributed by atoms with van der Waals surface area (Å²) in [5.74, 6) is 0.415. The minimum absolute atomic E-state index is 0.415. The predicted molar refractivity (Wildman–Crippen MR) is 63.0 cm³/mol. The smallest absolute Gasteiger partial charge is 0.134 e. The van der Waals surface area contributed by atoms with Gasteiger partial charge in [0, 0.05) is 37.8 Å². The molecule has 0 radical (unpaired) electrons. The summed E-state index contributed by atoms with van der Waals surface area (Å²) < 4.78 is 0. The van der Waals surface area contributed by atoms with E-state index in [-0.39, 0.29) is 0 Å². The first kappa shape index (κ1) is 11.3. The number of rotatable bonds is 4. The average molecular weight is 218 g/mol. The zero-order valence-electron chi connectivity index (χ0n) is 9.72. The van der Waals surface area contributed by atoms with Gasteiger partial charge >= 0.3 is 0 Å². The van der Waals surface area contributed by atoms with Gasteiger partial charge in [-0.3, -0.25) is 14.7 Å². The Labute approximate surface area is 96.5 Å². The highest BCUT2D eigenvalue weighted by Gasteiger charge is 2.26. The van der Waals surface area contributed by atoms with Crippen molar-refractivity contribution in [3.05, 3.63) is 30.1 Å². The summed E-state index contributed by atoms with van der Waals surface area (Å²) in [7, 11) is 0. The van der Waals surface area contributed by atoms with Crippen LogP contribution in [0.5, 0.6) is 0 Å². The number of nitrogens with zero attached hydrogens (tertiary/aromatic N) is 2. The average Bonchev–Trinajstić information content (AvgIpc) is 2.74. The standard InChI is InChI=1S/C13H18N2O/c1-2-15(12-3-4-13(16)9-12)10-11-5-7-14-8-6-11/h5-8,12H,2-4,9-10H2,1H3. The van der Waals surface area contributed by atoms with E-state index in [9.17, 15) is 4.79 Å². The number of aromatic nitrogens is 1. The summed E-state index contributed by atoms with van der Waals surface area (Å²) in [5, 5.41) is 0. The predicted octanol–water partition coefficient (Wildman–Crippen LogP) is 2.03. The van der Waals surface area contributed by atoms with E-state index in [4.69, 9.17) is 0 Å². The molecule has 0 saturated heterocycles. The number of hydrogen-bond acceptors (Lipinski definition) is 3. The van der Waals surface area contributed by atoms with E-state index in [1.807, 2.05) is 24.5 Å². The SMILES string of the molecule is CCN(Cc1ccncc1)C1CCC(=O)C1. The van der Waals surface area contributed by atoms with Crippen LogP contribution in [-0.2, 0) is 11.3 Å². The molecule has 1 aromatic rings. The maximum atomic E-state index is 11.3. The van der Waals surface area contributed by atoms with Crippen molar-refractivity contribution in [3.63, 3.8) is 0 Å². The van der Waals surface area contributed by atoms with E-state index in [1.54, 1.807) is 0 Å². The Morgan fingerprint density at radius 3 is 2.75 bits per heavy atom. The molecule has 1 unspecified atom stereocenters. The van der Waals surface area contributed by atoms with Crippen molar-refractivity contribution in [3.8, 4) is 0 Å². The second kappa shape index (κ2) is 5.21. The number of carbonyl (C=O) groups excluding carboxylic acids is 1. The Kier molecular flexibility index (Phi) is 3.67. The minimum atomic E-state index is 0.415. The number of ketones is 1. The minimum Gasteiger partial charge on any atom is -0.300 e. The van der Waals surface area contributed by atoms with Gasteiger partial charge in [-0.1, -0.05) is 6.92 Å². The Balaban J connectivity index is 1.98. The van der Waals surface area contributed by atoms with Gasteiger partial charge in [-0.05, 0) is 30.7 Å². The van der Waals surface area contributed by atoms with Crippen LogP contribution in [0.1, 0.15) is 31.7 Å². The van der Waals surface area contributed by atoms with Gasteiger partial charge in [-0.2, -0.15) is 0 Å². The molecule has 1 saturated carbocycles. The normalized spacial score (nSPS) is 20.6. The number of carbonyl (C=O) groups is 1. The Morgan fingerprint density at radius 2 is 2.19 bits per heavy atom. The highest BCUT2D eigenvalue weighted by atomic mass is 16.1. The molecule has 1 aliphatic rings. The third-order valence-corrected chi connectivity index (χ3v) is 3.28. The third kappa shape index (κ3) is 2.67. The lowest BCUT2D eigenvalue weighted by Gasteiger charge is -2.26. The monoisotopic (exact) mass is 218 g/mol. The van der Waals surface area contributed by atoms with Crippen LogP contribution in [-0.4, -0.2) is 28.3 Å². The molecule has 3 heteroatoms. The van der Waals surface area contributed by atoms with Crippen molar-refractivity contribution in [2.24, 2.45) is 0 Å². The lowest BCUT2D eigenvalue weighted by atomic mass is 10.1. The third-order valence-electron chi connectivity index (χ3n) is 3.28. The molecule has 0 amide bonds. The summed E-state index contributed by atoms with van der Waals surface area (Å²) in [6, 6.07) is 4.53.